The van der Waals surface area contributed by atoms with Crippen molar-refractivity contribution in [1.82, 2.24) is 15.5 Å². The van der Waals surface area contributed by atoms with Crippen LogP contribution in [-0.4, -0.2) is 48.4 Å². The van der Waals surface area contributed by atoms with Gasteiger partial charge in [-0.2, -0.15) is 0 Å². The van der Waals surface area contributed by atoms with Crippen LogP contribution < -0.4 is 10.6 Å². The Morgan fingerprint density at radius 2 is 1.76 bits per heavy atom. The number of carbonyl (C=O) groups is 2. The fraction of sp³-hybridized carbons (Fsp3) is 0.833. The van der Waals surface area contributed by atoms with Crippen LogP contribution in [0.25, 0.3) is 0 Å². The van der Waals surface area contributed by atoms with Crippen molar-refractivity contribution >= 4 is 11.8 Å². The molecule has 1 saturated heterocycles. The number of carbonyl (C=O) groups excluding carboxylic acids is 2. The number of piperazine rings is 1. The summed E-state index contributed by atoms with van der Waals surface area (Å²) >= 11 is 0. The van der Waals surface area contributed by atoms with E-state index in [4.69, 9.17) is 0 Å². The van der Waals surface area contributed by atoms with Gasteiger partial charge in [0.05, 0.1) is 0 Å². The Balaban J connectivity index is 1.88. The molecule has 1 aliphatic carbocycles. The first-order valence-electron chi connectivity index (χ1n) is 6.43. The van der Waals surface area contributed by atoms with Gasteiger partial charge in [-0.05, 0) is 19.8 Å². The first-order chi connectivity index (χ1) is 8.11. The Hall–Kier alpha value is -1.10. The molecule has 2 fully saturated rings. The molecule has 0 spiro atoms. The third kappa shape index (κ3) is 2.97. The lowest BCUT2D eigenvalue weighted by molar-refractivity contribution is -0.147. The Labute approximate surface area is 102 Å². The van der Waals surface area contributed by atoms with Crippen molar-refractivity contribution < 1.29 is 9.59 Å². The number of nitrogens with zero attached hydrogens (tertiary/aromatic N) is 1. The predicted molar refractivity (Wildman–Crippen MR) is 64.5 cm³/mol. The van der Waals surface area contributed by atoms with Crippen LogP contribution in [0.3, 0.4) is 0 Å². The molecule has 1 heterocycles. The summed E-state index contributed by atoms with van der Waals surface area (Å²) < 4.78 is 0. The average Bonchev–Trinajstić information content (AvgIpc) is 2.76. The highest BCUT2D eigenvalue weighted by atomic mass is 16.2. The molecule has 2 amide bonds. The molecule has 2 rings (SSSR count). The highest BCUT2D eigenvalue weighted by molar-refractivity contribution is 6.35. The van der Waals surface area contributed by atoms with E-state index in [9.17, 15) is 9.59 Å². The summed E-state index contributed by atoms with van der Waals surface area (Å²) in [6.45, 7) is 4.83. The minimum absolute atomic E-state index is 0.166. The van der Waals surface area contributed by atoms with Gasteiger partial charge in [-0.25, -0.2) is 0 Å². The van der Waals surface area contributed by atoms with Crippen molar-refractivity contribution in [1.29, 1.82) is 0 Å². The fourth-order valence-electron chi connectivity index (χ4n) is 2.62. The lowest BCUT2D eigenvalue weighted by Crippen LogP contribution is -2.54. The highest BCUT2D eigenvalue weighted by Crippen LogP contribution is 2.28. The summed E-state index contributed by atoms with van der Waals surface area (Å²) in [5, 5.41) is 6.07. The van der Waals surface area contributed by atoms with Crippen LogP contribution in [0.5, 0.6) is 0 Å². The quantitative estimate of drug-likeness (QED) is 0.626. The largest absolute Gasteiger partial charge is 0.343 e. The van der Waals surface area contributed by atoms with Crippen molar-refractivity contribution in [3.8, 4) is 0 Å². The maximum atomic E-state index is 11.9. The van der Waals surface area contributed by atoms with Gasteiger partial charge in [-0.1, -0.05) is 12.8 Å². The molecule has 0 bridgehead atoms. The van der Waals surface area contributed by atoms with E-state index in [1.165, 1.54) is 0 Å². The molecule has 0 atom stereocenters. The third-order valence-corrected chi connectivity index (χ3v) is 3.72. The standard InChI is InChI=1S/C12H21N3O2/c1-12(4-2-3-5-12)14-10(16)11(17)15-8-6-13-7-9-15/h13H,2-9H2,1H3,(H,14,16). The van der Waals surface area contributed by atoms with E-state index in [1.807, 2.05) is 6.92 Å². The van der Waals surface area contributed by atoms with Crippen molar-refractivity contribution in [2.75, 3.05) is 26.2 Å². The number of amides is 2. The van der Waals surface area contributed by atoms with E-state index in [0.29, 0.717) is 13.1 Å². The molecule has 0 aromatic carbocycles. The second kappa shape index (κ2) is 5.04. The van der Waals surface area contributed by atoms with Crippen molar-refractivity contribution in [3.63, 3.8) is 0 Å². The van der Waals surface area contributed by atoms with Gasteiger partial charge in [0.15, 0.2) is 0 Å². The maximum Gasteiger partial charge on any atom is 0.311 e. The van der Waals surface area contributed by atoms with Crippen LogP contribution >= 0.6 is 0 Å². The van der Waals surface area contributed by atoms with Crippen LogP contribution in [0.2, 0.25) is 0 Å². The summed E-state index contributed by atoms with van der Waals surface area (Å²) in [6.07, 6.45) is 4.23. The Kier molecular flexibility index (Phi) is 3.66. The molecule has 2 N–H and O–H groups in total. The van der Waals surface area contributed by atoms with Gasteiger partial charge in [-0.3, -0.25) is 9.59 Å². The zero-order valence-corrected chi connectivity index (χ0v) is 10.4. The van der Waals surface area contributed by atoms with Gasteiger partial charge in [0, 0.05) is 31.7 Å². The molecule has 1 saturated carbocycles. The van der Waals surface area contributed by atoms with E-state index in [1.54, 1.807) is 4.90 Å². The molecule has 2 aliphatic rings. The second-order valence-electron chi connectivity index (χ2n) is 5.26. The van der Waals surface area contributed by atoms with E-state index in [0.717, 1.165) is 38.8 Å². The molecular formula is C12H21N3O2. The lowest BCUT2D eigenvalue weighted by atomic mass is 10.0. The van der Waals surface area contributed by atoms with E-state index < -0.39 is 5.91 Å². The molecule has 5 nitrogen and oxygen atoms in total. The first-order valence-corrected chi connectivity index (χ1v) is 6.43. The van der Waals surface area contributed by atoms with Gasteiger partial charge in [0.25, 0.3) is 0 Å². The fourth-order valence-corrected chi connectivity index (χ4v) is 2.62. The smallest absolute Gasteiger partial charge is 0.311 e. The summed E-state index contributed by atoms with van der Waals surface area (Å²) in [5.74, 6) is -0.809. The number of nitrogens with one attached hydrogen (secondary N) is 2. The minimum atomic E-state index is -0.434. The van der Waals surface area contributed by atoms with E-state index in [2.05, 4.69) is 10.6 Å². The second-order valence-corrected chi connectivity index (χ2v) is 5.26. The molecule has 0 aromatic rings. The molecule has 17 heavy (non-hydrogen) atoms. The van der Waals surface area contributed by atoms with E-state index >= 15 is 0 Å². The van der Waals surface area contributed by atoms with Gasteiger partial charge >= 0.3 is 11.8 Å². The van der Waals surface area contributed by atoms with Crippen LogP contribution in [0.4, 0.5) is 0 Å². The summed E-state index contributed by atoms with van der Waals surface area (Å²) in [6, 6.07) is 0. The Bertz CT molecular complexity index is 305. The summed E-state index contributed by atoms with van der Waals surface area (Å²) in [5.41, 5.74) is -0.166. The molecule has 0 aromatic heterocycles. The van der Waals surface area contributed by atoms with Crippen molar-refractivity contribution in [2.24, 2.45) is 0 Å². The zero-order valence-electron chi connectivity index (χ0n) is 10.4. The summed E-state index contributed by atoms with van der Waals surface area (Å²) in [7, 11) is 0. The number of hydrogen-bond donors (Lipinski definition) is 2. The Morgan fingerprint density at radius 1 is 1.18 bits per heavy atom. The summed E-state index contributed by atoms with van der Waals surface area (Å²) in [4.78, 5) is 25.4. The monoisotopic (exact) mass is 239 g/mol. The lowest BCUT2D eigenvalue weighted by Gasteiger charge is -2.29. The van der Waals surface area contributed by atoms with Crippen LogP contribution in [0.15, 0.2) is 0 Å². The Morgan fingerprint density at radius 3 is 2.35 bits per heavy atom. The van der Waals surface area contributed by atoms with Crippen LogP contribution in [-0.2, 0) is 9.59 Å². The number of rotatable bonds is 1. The molecule has 0 unspecified atom stereocenters. The van der Waals surface area contributed by atoms with Crippen molar-refractivity contribution in [2.45, 2.75) is 38.1 Å². The van der Waals surface area contributed by atoms with E-state index in [-0.39, 0.29) is 11.4 Å². The van der Waals surface area contributed by atoms with Gasteiger partial charge in [0.1, 0.15) is 0 Å². The molecule has 1 aliphatic heterocycles. The molecule has 5 heteroatoms. The third-order valence-electron chi connectivity index (χ3n) is 3.72. The highest BCUT2D eigenvalue weighted by Gasteiger charge is 2.33. The SMILES string of the molecule is CC1(NC(=O)C(=O)N2CCNCC2)CCCC1. The first kappa shape index (κ1) is 12.4. The zero-order chi connectivity index (χ0) is 12.3. The van der Waals surface area contributed by atoms with Crippen LogP contribution in [0.1, 0.15) is 32.6 Å². The van der Waals surface area contributed by atoms with Crippen LogP contribution in [0, 0.1) is 0 Å². The minimum Gasteiger partial charge on any atom is -0.343 e. The average molecular weight is 239 g/mol. The van der Waals surface area contributed by atoms with Crippen molar-refractivity contribution in [3.05, 3.63) is 0 Å². The molecular weight excluding hydrogens is 218 g/mol. The normalized spacial score (nSPS) is 23.5. The topological polar surface area (TPSA) is 61.4 Å². The van der Waals surface area contributed by atoms with Gasteiger partial charge in [0.2, 0.25) is 0 Å². The molecule has 0 radical (unpaired) electrons. The maximum absolute atomic E-state index is 11.9. The van der Waals surface area contributed by atoms with Gasteiger partial charge < -0.3 is 15.5 Å². The molecule has 96 valence electrons. The predicted octanol–water partition coefficient (Wildman–Crippen LogP) is -0.133. The number of hydrogen-bond acceptors (Lipinski definition) is 3. The van der Waals surface area contributed by atoms with Gasteiger partial charge in [-0.15, -0.1) is 0 Å².